The molecule has 1 aromatic rings. The number of ether oxygens (including phenoxy) is 1. The average molecular weight is 229 g/mol. The first-order valence-electron chi connectivity index (χ1n) is 5.46. The van der Waals surface area contributed by atoms with Crippen LogP contribution in [0, 0.1) is 0 Å². The van der Waals surface area contributed by atoms with Crippen LogP contribution in [0.15, 0.2) is 0 Å². The molecule has 0 aliphatic heterocycles. The Morgan fingerprint density at radius 1 is 1.27 bits per heavy atom. The Morgan fingerprint density at radius 2 is 2.07 bits per heavy atom. The smallest absolute Gasteiger partial charge is 0.131 e. The van der Waals surface area contributed by atoms with E-state index < -0.39 is 0 Å². The third-order valence-electron chi connectivity index (χ3n) is 1.88. The molecule has 0 aliphatic carbocycles. The maximum atomic E-state index is 5.27. The molecule has 0 aromatic carbocycles. The quantitative estimate of drug-likeness (QED) is 0.688. The predicted octanol–water partition coefficient (Wildman–Crippen LogP) is 1.62. The monoisotopic (exact) mass is 229 g/mol. The Bertz CT molecular complexity index is 240. The van der Waals surface area contributed by atoms with Gasteiger partial charge < -0.3 is 10.1 Å². The highest BCUT2D eigenvalue weighted by Crippen LogP contribution is 2.09. The topological polar surface area (TPSA) is 47.0 Å². The highest BCUT2D eigenvalue weighted by Gasteiger charge is 2.03. The van der Waals surface area contributed by atoms with E-state index in [1.54, 1.807) is 11.3 Å². The van der Waals surface area contributed by atoms with Crippen LogP contribution in [-0.2, 0) is 17.7 Å². The lowest BCUT2D eigenvalue weighted by Gasteiger charge is -1.97. The van der Waals surface area contributed by atoms with E-state index in [9.17, 15) is 0 Å². The van der Waals surface area contributed by atoms with Gasteiger partial charge in [0.1, 0.15) is 10.0 Å². The molecule has 0 saturated heterocycles. The normalized spacial score (nSPS) is 10.8. The molecular formula is C10H19N3OS. The van der Waals surface area contributed by atoms with Crippen LogP contribution in [0.25, 0.3) is 0 Å². The van der Waals surface area contributed by atoms with E-state index in [1.165, 1.54) is 0 Å². The van der Waals surface area contributed by atoms with Crippen molar-refractivity contribution in [1.82, 2.24) is 15.5 Å². The van der Waals surface area contributed by atoms with Crippen molar-refractivity contribution in [2.45, 2.75) is 33.2 Å². The second kappa shape index (κ2) is 7.73. The van der Waals surface area contributed by atoms with Gasteiger partial charge in [-0.25, -0.2) is 0 Å². The lowest BCUT2D eigenvalue weighted by atomic mass is 10.5. The second-order valence-electron chi connectivity index (χ2n) is 3.21. The Balaban J connectivity index is 2.23. The molecule has 1 N–H and O–H groups in total. The van der Waals surface area contributed by atoms with Crippen LogP contribution in [-0.4, -0.2) is 30.0 Å². The van der Waals surface area contributed by atoms with Gasteiger partial charge in [0.2, 0.25) is 0 Å². The molecule has 15 heavy (non-hydrogen) atoms. The van der Waals surface area contributed by atoms with E-state index in [0.717, 1.165) is 49.2 Å². The van der Waals surface area contributed by atoms with Crippen LogP contribution >= 0.6 is 11.3 Å². The summed E-state index contributed by atoms with van der Waals surface area (Å²) in [6.07, 6.45) is 2.02. The van der Waals surface area contributed by atoms with Crippen molar-refractivity contribution < 1.29 is 4.74 Å². The summed E-state index contributed by atoms with van der Waals surface area (Å²) in [6.45, 7) is 7.53. The molecule has 1 aromatic heterocycles. The SMILES string of the molecule is CCCNCc1nnc(CCOCC)s1. The van der Waals surface area contributed by atoms with E-state index in [1.807, 2.05) is 6.92 Å². The van der Waals surface area contributed by atoms with Crippen LogP contribution in [0.3, 0.4) is 0 Å². The molecule has 0 aliphatic rings. The fourth-order valence-corrected chi connectivity index (χ4v) is 1.93. The minimum atomic E-state index is 0.744. The van der Waals surface area contributed by atoms with Gasteiger partial charge in [-0.1, -0.05) is 6.92 Å². The summed E-state index contributed by atoms with van der Waals surface area (Å²) in [4.78, 5) is 0. The van der Waals surface area contributed by atoms with Gasteiger partial charge in [0, 0.05) is 19.6 Å². The molecular weight excluding hydrogens is 210 g/mol. The Hall–Kier alpha value is -0.520. The first kappa shape index (κ1) is 12.5. The minimum Gasteiger partial charge on any atom is -0.381 e. The summed E-state index contributed by atoms with van der Waals surface area (Å²) in [7, 11) is 0. The van der Waals surface area contributed by atoms with Gasteiger partial charge in [-0.2, -0.15) is 0 Å². The molecule has 0 amide bonds. The average Bonchev–Trinajstić information content (AvgIpc) is 2.67. The molecule has 0 saturated carbocycles. The number of nitrogens with one attached hydrogen (secondary N) is 1. The van der Waals surface area contributed by atoms with Gasteiger partial charge in [0.15, 0.2) is 0 Å². The van der Waals surface area contributed by atoms with Crippen molar-refractivity contribution in [2.24, 2.45) is 0 Å². The standard InChI is InChI=1S/C10H19N3OS/c1-3-6-11-8-10-13-12-9(15-10)5-7-14-4-2/h11H,3-8H2,1-2H3. The third-order valence-corrected chi connectivity index (χ3v) is 2.86. The van der Waals surface area contributed by atoms with Crippen LogP contribution < -0.4 is 5.32 Å². The number of hydrogen-bond donors (Lipinski definition) is 1. The summed E-state index contributed by atoms with van der Waals surface area (Å²) in [5, 5.41) is 13.7. The summed E-state index contributed by atoms with van der Waals surface area (Å²) >= 11 is 1.67. The maximum absolute atomic E-state index is 5.27. The van der Waals surface area contributed by atoms with Crippen LogP contribution in [0.1, 0.15) is 30.3 Å². The summed E-state index contributed by atoms with van der Waals surface area (Å²) < 4.78 is 5.27. The molecule has 86 valence electrons. The summed E-state index contributed by atoms with van der Waals surface area (Å²) in [5.41, 5.74) is 0. The fourth-order valence-electron chi connectivity index (χ4n) is 1.14. The van der Waals surface area contributed by atoms with Gasteiger partial charge in [0.25, 0.3) is 0 Å². The zero-order valence-electron chi connectivity index (χ0n) is 9.45. The number of nitrogens with zero attached hydrogens (tertiary/aromatic N) is 2. The van der Waals surface area contributed by atoms with Crippen LogP contribution in [0.2, 0.25) is 0 Å². The van der Waals surface area contributed by atoms with E-state index in [-0.39, 0.29) is 0 Å². The Morgan fingerprint density at radius 3 is 2.80 bits per heavy atom. The van der Waals surface area contributed by atoms with Crippen LogP contribution in [0.5, 0.6) is 0 Å². The first-order valence-corrected chi connectivity index (χ1v) is 6.28. The second-order valence-corrected chi connectivity index (χ2v) is 4.36. The molecule has 1 heterocycles. The van der Waals surface area contributed by atoms with Crippen molar-refractivity contribution in [3.8, 4) is 0 Å². The maximum Gasteiger partial charge on any atom is 0.131 e. The van der Waals surface area contributed by atoms with Gasteiger partial charge in [-0.05, 0) is 19.9 Å². The molecule has 1 rings (SSSR count). The van der Waals surface area contributed by atoms with Gasteiger partial charge >= 0.3 is 0 Å². The molecule has 0 radical (unpaired) electrons. The molecule has 0 atom stereocenters. The minimum absolute atomic E-state index is 0.744. The van der Waals surface area contributed by atoms with Gasteiger partial charge in [-0.3, -0.25) is 0 Å². The van der Waals surface area contributed by atoms with Crippen molar-refractivity contribution in [3.05, 3.63) is 10.0 Å². The first-order chi connectivity index (χ1) is 7.36. The third kappa shape index (κ3) is 5.20. The fraction of sp³-hybridized carbons (Fsp3) is 0.800. The number of hydrogen-bond acceptors (Lipinski definition) is 5. The molecule has 0 fully saturated rings. The molecule has 0 unspecified atom stereocenters. The lowest BCUT2D eigenvalue weighted by Crippen LogP contribution is -2.13. The largest absolute Gasteiger partial charge is 0.381 e. The van der Waals surface area contributed by atoms with E-state index in [2.05, 4.69) is 22.4 Å². The number of aromatic nitrogens is 2. The van der Waals surface area contributed by atoms with Crippen molar-refractivity contribution in [2.75, 3.05) is 19.8 Å². The Labute approximate surface area is 95.1 Å². The van der Waals surface area contributed by atoms with E-state index >= 15 is 0 Å². The highest BCUT2D eigenvalue weighted by molar-refractivity contribution is 7.11. The lowest BCUT2D eigenvalue weighted by molar-refractivity contribution is 0.150. The van der Waals surface area contributed by atoms with Crippen molar-refractivity contribution in [3.63, 3.8) is 0 Å². The molecule has 5 heteroatoms. The molecule has 0 bridgehead atoms. The summed E-state index contributed by atoms with van der Waals surface area (Å²) in [5.74, 6) is 0. The van der Waals surface area contributed by atoms with Gasteiger partial charge in [0.05, 0.1) is 6.61 Å². The van der Waals surface area contributed by atoms with E-state index in [0.29, 0.717) is 0 Å². The zero-order chi connectivity index (χ0) is 10.9. The molecule has 4 nitrogen and oxygen atoms in total. The highest BCUT2D eigenvalue weighted by atomic mass is 32.1. The Kier molecular flexibility index (Phi) is 6.47. The summed E-state index contributed by atoms with van der Waals surface area (Å²) in [6, 6.07) is 0. The van der Waals surface area contributed by atoms with Crippen molar-refractivity contribution >= 4 is 11.3 Å². The number of rotatable bonds is 8. The van der Waals surface area contributed by atoms with Crippen LogP contribution in [0.4, 0.5) is 0 Å². The predicted molar refractivity (Wildman–Crippen MR) is 62.1 cm³/mol. The van der Waals surface area contributed by atoms with E-state index in [4.69, 9.17) is 4.74 Å². The molecule has 0 spiro atoms. The zero-order valence-corrected chi connectivity index (χ0v) is 10.3. The van der Waals surface area contributed by atoms with Gasteiger partial charge in [-0.15, -0.1) is 21.5 Å². The van der Waals surface area contributed by atoms with Crippen molar-refractivity contribution in [1.29, 1.82) is 0 Å².